The summed E-state index contributed by atoms with van der Waals surface area (Å²) in [5.74, 6) is 0.561. The fourth-order valence-electron chi connectivity index (χ4n) is 2.29. The number of hydrogen-bond donors (Lipinski definition) is 1. The topological polar surface area (TPSA) is 68.5 Å². The number of thioether (sulfide) groups is 1. The van der Waals surface area contributed by atoms with E-state index in [-0.39, 0.29) is 17.4 Å². The van der Waals surface area contributed by atoms with E-state index in [9.17, 15) is 9.59 Å². The van der Waals surface area contributed by atoms with Crippen LogP contribution in [-0.2, 0) is 9.53 Å². The Morgan fingerprint density at radius 3 is 2.81 bits per heavy atom. The van der Waals surface area contributed by atoms with E-state index in [4.69, 9.17) is 33.0 Å². The average molecular weight is 422 g/mol. The number of ether oxygens (including phenoxy) is 1. The summed E-state index contributed by atoms with van der Waals surface area (Å²) in [5, 5.41) is 2.86. The van der Waals surface area contributed by atoms with E-state index in [1.54, 1.807) is 36.4 Å². The quantitative estimate of drug-likeness (QED) is 0.420. The van der Waals surface area contributed by atoms with E-state index in [2.05, 4.69) is 5.32 Å². The summed E-state index contributed by atoms with van der Waals surface area (Å²) in [6.45, 7) is 4.24. The van der Waals surface area contributed by atoms with E-state index in [1.807, 2.05) is 13.8 Å². The molecule has 0 aliphatic carbocycles. The van der Waals surface area contributed by atoms with Gasteiger partial charge in [0, 0.05) is 11.6 Å². The summed E-state index contributed by atoms with van der Waals surface area (Å²) in [6.07, 6.45) is 1.62. The van der Waals surface area contributed by atoms with E-state index >= 15 is 0 Å². The van der Waals surface area contributed by atoms with Crippen molar-refractivity contribution in [3.63, 3.8) is 0 Å². The van der Waals surface area contributed by atoms with Crippen molar-refractivity contribution in [1.82, 2.24) is 5.32 Å². The molecule has 140 valence electrons. The molecule has 0 unspecified atom stereocenters. The van der Waals surface area contributed by atoms with Crippen molar-refractivity contribution in [3.05, 3.63) is 51.6 Å². The second-order valence-corrected chi connectivity index (χ2v) is 8.37. The lowest BCUT2D eigenvalue weighted by Crippen LogP contribution is -2.17. The number of hydrogen-bond acceptors (Lipinski definition) is 6. The highest BCUT2D eigenvalue weighted by atomic mass is 35.5. The number of thiocarbonyl (C=S) groups is 1. The van der Waals surface area contributed by atoms with Crippen molar-refractivity contribution in [3.8, 4) is 11.3 Å². The number of halogens is 1. The van der Waals surface area contributed by atoms with Gasteiger partial charge >= 0.3 is 5.97 Å². The van der Waals surface area contributed by atoms with E-state index in [1.165, 1.54) is 11.8 Å². The first-order valence-corrected chi connectivity index (χ1v) is 9.75. The first-order valence-electron chi connectivity index (χ1n) is 8.15. The van der Waals surface area contributed by atoms with Crippen LogP contribution in [0.25, 0.3) is 17.4 Å². The molecule has 0 spiro atoms. The van der Waals surface area contributed by atoms with Crippen LogP contribution in [-0.4, -0.2) is 22.8 Å². The van der Waals surface area contributed by atoms with E-state index in [0.29, 0.717) is 37.9 Å². The SMILES string of the molecule is CC(C)COC(=O)c1cc(-c2ccc(C=C3SC(=S)NC3=O)o2)ccc1Cl. The van der Waals surface area contributed by atoms with Gasteiger partial charge in [-0.2, -0.15) is 0 Å². The Morgan fingerprint density at radius 2 is 2.15 bits per heavy atom. The molecule has 0 atom stereocenters. The molecule has 27 heavy (non-hydrogen) atoms. The fourth-order valence-corrected chi connectivity index (χ4v) is 3.51. The van der Waals surface area contributed by atoms with Gasteiger partial charge in [0.15, 0.2) is 0 Å². The minimum absolute atomic E-state index is 0.232. The molecule has 1 aromatic carbocycles. The van der Waals surface area contributed by atoms with Gasteiger partial charge in [-0.25, -0.2) is 4.79 Å². The van der Waals surface area contributed by atoms with Crippen LogP contribution in [0, 0.1) is 5.92 Å². The van der Waals surface area contributed by atoms with Crippen molar-refractivity contribution < 1.29 is 18.7 Å². The van der Waals surface area contributed by atoms with Crippen LogP contribution < -0.4 is 5.32 Å². The summed E-state index contributed by atoms with van der Waals surface area (Å²) in [7, 11) is 0. The predicted octanol–water partition coefficient (Wildman–Crippen LogP) is 4.90. The number of rotatable bonds is 5. The van der Waals surface area contributed by atoms with Gasteiger partial charge in [-0.15, -0.1) is 0 Å². The van der Waals surface area contributed by atoms with Gasteiger partial charge in [0.05, 0.1) is 22.1 Å². The molecule has 1 aliphatic rings. The fraction of sp³-hybridized carbons (Fsp3) is 0.211. The zero-order valence-electron chi connectivity index (χ0n) is 14.6. The maximum Gasteiger partial charge on any atom is 0.339 e. The van der Waals surface area contributed by atoms with Crippen molar-refractivity contribution in [2.45, 2.75) is 13.8 Å². The first kappa shape index (κ1) is 19.7. The zero-order valence-corrected chi connectivity index (χ0v) is 17.0. The lowest BCUT2D eigenvalue weighted by Gasteiger charge is -2.09. The zero-order chi connectivity index (χ0) is 19.6. The third-order valence-corrected chi connectivity index (χ3v) is 5.05. The van der Waals surface area contributed by atoms with Gasteiger partial charge in [-0.1, -0.05) is 49.4 Å². The maximum absolute atomic E-state index is 12.2. The van der Waals surface area contributed by atoms with Crippen LogP contribution in [0.2, 0.25) is 5.02 Å². The molecule has 5 nitrogen and oxygen atoms in total. The van der Waals surface area contributed by atoms with Crippen LogP contribution in [0.1, 0.15) is 30.0 Å². The molecule has 1 aliphatic heterocycles. The number of carbonyl (C=O) groups excluding carboxylic acids is 2. The summed E-state index contributed by atoms with van der Waals surface area (Å²) >= 11 is 12.3. The third kappa shape index (κ3) is 4.80. The molecular formula is C19H16ClNO4S2. The van der Waals surface area contributed by atoms with Gasteiger partial charge in [0.2, 0.25) is 0 Å². The summed E-state index contributed by atoms with van der Waals surface area (Å²) in [6, 6.07) is 8.51. The maximum atomic E-state index is 12.2. The lowest BCUT2D eigenvalue weighted by atomic mass is 10.1. The highest BCUT2D eigenvalue weighted by Crippen LogP contribution is 2.30. The molecule has 1 aromatic heterocycles. The number of nitrogens with one attached hydrogen (secondary N) is 1. The van der Waals surface area contributed by atoms with Crippen molar-refractivity contribution >= 4 is 57.9 Å². The molecular weight excluding hydrogens is 406 g/mol. The number of benzene rings is 1. The number of furan rings is 1. The molecule has 0 saturated carbocycles. The Labute approximate surface area is 171 Å². The second kappa shape index (κ2) is 8.29. The minimum atomic E-state index is -0.475. The molecule has 2 heterocycles. The largest absolute Gasteiger partial charge is 0.462 e. The summed E-state index contributed by atoms with van der Waals surface area (Å²) in [5.41, 5.74) is 0.960. The molecule has 0 bridgehead atoms. The van der Waals surface area contributed by atoms with Crippen LogP contribution >= 0.6 is 35.6 Å². The second-order valence-electron chi connectivity index (χ2n) is 6.24. The smallest absolute Gasteiger partial charge is 0.339 e. The van der Waals surface area contributed by atoms with Crippen molar-refractivity contribution in [2.24, 2.45) is 5.92 Å². The molecule has 8 heteroatoms. The Bertz CT molecular complexity index is 949. The molecule has 1 N–H and O–H groups in total. The van der Waals surface area contributed by atoms with Gasteiger partial charge in [0.1, 0.15) is 15.8 Å². The van der Waals surface area contributed by atoms with E-state index < -0.39 is 5.97 Å². The molecule has 0 radical (unpaired) electrons. The van der Waals surface area contributed by atoms with Crippen LogP contribution in [0.5, 0.6) is 0 Å². The van der Waals surface area contributed by atoms with Gasteiger partial charge in [-0.3, -0.25) is 4.79 Å². The number of esters is 1. The van der Waals surface area contributed by atoms with Crippen molar-refractivity contribution in [1.29, 1.82) is 0 Å². The van der Waals surface area contributed by atoms with Crippen LogP contribution in [0.3, 0.4) is 0 Å². The Morgan fingerprint density at radius 1 is 1.37 bits per heavy atom. The average Bonchev–Trinajstić information content (AvgIpc) is 3.20. The van der Waals surface area contributed by atoms with Gasteiger partial charge in [0.25, 0.3) is 5.91 Å². The standard InChI is InChI=1S/C19H16ClNO4S2/c1-10(2)9-24-18(23)13-7-11(3-5-14(13)20)15-6-4-12(25-15)8-16-17(22)21-19(26)27-16/h3-8,10H,9H2,1-2H3,(H,21,22,26). The Balaban J connectivity index is 1.83. The highest BCUT2D eigenvalue weighted by Gasteiger charge is 2.22. The Kier molecular flexibility index (Phi) is 6.04. The molecule has 2 aromatic rings. The molecule has 1 saturated heterocycles. The number of amides is 1. The van der Waals surface area contributed by atoms with Gasteiger partial charge < -0.3 is 14.5 Å². The van der Waals surface area contributed by atoms with E-state index in [0.717, 1.165) is 0 Å². The first-order chi connectivity index (χ1) is 12.8. The minimum Gasteiger partial charge on any atom is -0.462 e. The number of carbonyl (C=O) groups is 2. The molecule has 1 fully saturated rings. The summed E-state index contributed by atoms with van der Waals surface area (Å²) < 4.78 is 11.5. The van der Waals surface area contributed by atoms with Crippen molar-refractivity contribution in [2.75, 3.05) is 6.61 Å². The monoisotopic (exact) mass is 421 g/mol. The molecule has 1 amide bonds. The Hall–Kier alpha value is -2.09. The van der Waals surface area contributed by atoms with Gasteiger partial charge in [-0.05, 0) is 36.2 Å². The third-order valence-electron chi connectivity index (χ3n) is 3.56. The van der Waals surface area contributed by atoms with Crippen LogP contribution in [0.15, 0.2) is 39.7 Å². The highest BCUT2D eigenvalue weighted by molar-refractivity contribution is 8.26. The van der Waals surface area contributed by atoms with Crippen LogP contribution in [0.4, 0.5) is 0 Å². The summed E-state index contributed by atoms with van der Waals surface area (Å²) in [4.78, 5) is 24.5. The predicted molar refractivity (Wildman–Crippen MR) is 111 cm³/mol. The molecule has 3 rings (SSSR count). The lowest BCUT2D eigenvalue weighted by molar-refractivity contribution is -0.115. The normalized spacial score (nSPS) is 15.5.